The fraction of sp³-hybridized carbons (Fsp3) is 0.500. The predicted molar refractivity (Wildman–Crippen MR) is 78.8 cm³/mol. The quantitative estimate of drug-likeness (QED) is 0.610. The highest BCUT2D eigenvalue weighted by molar-refractivity contribution is 8.00. The first-order valence-electron chi connectivity index (χ1n) is 6.11. The van der Waals surface area contributed by atoms with E-state index in [0.29, 0.717) is 11.0 Å². The summed E-state index contributed by atoms with van der Waals surface area (Å²) >= 11 is 3.42. The molecule has 98 valence electrons. The van der Waals surface area contributed by atoms with E-state index in [1.807, 2.05) is 30.5 Å². The van der Waals surface area contributed by atoms with Crippen LogP contribution in [0, 0.1) is 0 Å². The smallest absolute Gasteiger partial charge is 0.172 e. The Labute approximate surface area is 117 Å². The lowest BCUT2D eigenvalue weighted by Gasteiger charge is -2.12. The standard InChI is InChI=1S/C14H18O2S2/c1-10-14(7-8-16-10)18-9-13(15)11-3-5-12(17-2)6-4-11/h3-6,10,14H,7-9H2,1-2H3. The first kappa shape index (κ1) is 14.0. The lowest BCUT2D eigenvalue weighted by Crippen LogP contribution is -2.16. The minimum Gasteiger partial charge on any atom is -0.377 e. The third-order valence-electron chi connectivity index (χ3n) is 3.15. The fourth-order valence-corrected chi connectivity index (χ4v) is 3.53. The van der Waals surface area contributed by atoms with Gasteiger partial charge in [0.05, 0.1) is 11.9 Å². The molecule has 4 heteroatoms. The van der Waals surface area contributed by atoms with Gasteiger partial charge < -0.3 is 4.74 Å². The average Bonchev–Trinajstić information content (AvgIpc) is 2.81. The van der Waals surface area contributed by atoms with Gasteiger partial charge in [-0.15, -0.1) is 23.5 Å². The number of ether oxygens (including phenoxy) is 1. The Morgan fingerprint density at radius 1 is 1.39 bits per heavy atom. The summed E-state index contributed by atoms with van der Waals surface area (Å²) < 4.78 is 5.50. The molecule has 2 unspecified atom stereocenters. The van der Waals surface area contributed by atoms with E-state index in [0.717, 1.165) is 18.6 Å². The second kappa shape index (κ2) is 6.64. The van der Waals surface area contributed by atoms with Gasteiger partial charge in [-0.2, -0.15) is 0 Å². The summed E-state index contributed by atoms with van der Waals surface area (Å²) in [6, 6.07) is 7.85. The predicted octanol–water partition coefficient (Wildman–Crippen LogP) is 3.50. The molecule has 18 heavy (non-hydrogen) atoms. The zero-order chi connectivity index (χ0) is 13.0. The van der Waals surface area contributed by atoms with Gasteiger partial charge in [0.2, 0.25) is 0 Å². The normalized spacial score (nSPS) is 23.2. The van der Waals surface area contributed by atoms with Crippen molar-refractivity contribution in [3.8, 4) is 0 Å². The van der Waals surface area contributed by atoms with Crippen molar-refractivity contribution < 1.29 is 9.53 Å². The number of hydrogen-bond acceptors (Lipinski definition) is 4. The van der Waals surface area contributed by atoms with E-state index in [-0.39, 0.29) is 11.9 Å². The second-order valence-corrected chi connectivity index (χ2v) is 6.47. The maximum absolute atomic E-state index is 12.0. The summed E-state index contributed by atoms with van der Waals surface area (Å²) in [5.41, 5.74) is 0.812. The van der Waals surface area contributed by atoms with Gasteiger partial charge in [-0.05, 0) is 31.7 Å². The van der Waals surface area contributed by atoms with E-state index in [2.05, 4.69) is 6.92 Å². The van der Waals surface area contributed by atoms with Crippen LogP contribution in [-0.2, 0) is 4.74 Å². The Hall–Kier alpha value is -0.450. The van der Waals surface area contributed by atoms with Crippen molar-refractivity contribution in [1.82, 2.24) is 0 Å². The number of Topliss-reactive ketones (excluding diaryl/α,β-unsaturated/α-hetero) is 1. The third kappa shape index (κ3) is 3.53. The Morgan fingerprint density at radius 3 is 2.67 bits per heavy atom. The summed E-state index contributed by atoms with van der Waals surface area (Å²) in [4.78, 5) is 13.2. The third-order valence-corrected chi connectivity index (χ3v) is 5.37. The maximum Gasteiger partial charge on any atom is 0.172 e. The molecule has 0 amide bonds. The zero-order valence-corrected chi connectivity index (χ0v) is 12.4. The first-order valence-corrected chi connectivity index (χ1v) is 8.38. The van der Waals surface area contributed by atoms with Crippen LogP contribution in [0.1, 0.15) is 23.7 Å². The largest absolute Gasteiger partial charge is 0.377 e. The van der Waals surface area contributed by atoms with E-state index < -0.39 is 0 Å². The molecule has 0 saturated carbocycles. The lowest BCUT2D eigenvalue weighted by atomic mass is 10.1. The monoisotopic (exact) mass is 282 g/mol. The Balaban J connectivity index is 1.87. The van der Waals surface area contributed by atoms with Crippen molar-refractivity contribution in [3.05, 3.63) is 29.8 Å². The van der Waals surface area contributed by atoms with Gasteiger partial charge in [0, 0.05) is 22.3 Å². The lowest BCUT2D eigenvalue weighted by molar-refractivity contribution is 0.102. The topological polar surface area (TPSA) is 26.3 Å². The summed E-state index contributed by atoms with van der Waals surface area (Å²) in [5.74, 6) is 0.767. The van der Waals surface area contributed by atoms with Gasteiger partial charge in [0.25, 0.3) is 0 Å². The highest BCUT2D eigenvalue weighted by atomic mass is 32.2. The molecule has 0 aliphatic carbocycles. The van der Waals surface area contributed by atoms with Crippen molar-refractivity contribution in [1.29, 1.82) is 0 Å². The fourth-order valence-electron chi connectivity index (χ4n) is 1.97. The molecule has 0 radical (unpaired) electrons. The van der Waals surface area contributed by atoms with Crippen LogP contribution < -0.4 is 0 Å². The summed E-state index contributed by atoms with van der Waals surface area (Å²) in [6.45, 7) is 2.91. The van der Waals surface area contributed by atoms with Gasteiger partial charge in [-0.3, -0.25) is 4.79 Å². The molecule has 2 rings (SSSR count). The van der Waals surface area contributed by atoms with E-state index in [9.17, 15) is 4.79 Å². The van der Waals surface area contributed by atoms with Crippen LogP contribution in [0.25, 0.3) is 0 Å². The van der Waals surface area contributed by atoms with Crippen molar-refractivity contribution in [2.24, 2.45) is 0 Å². The molecular formula is C14H18O2S2. The summed E-state index contributed by atoms with van der Waals surface area (Å²) in [7, 11) is 0. The Bertz CT molecular complexity index is 403. The highest BCUT2D eigenvalue weighted by Gasteiger charge is 2.25. The van der Waals surface area contributed by atoms with Crippen molar-refractivity contribution in [2.45, 2.75) is 29.6 Å². The average molecular weight is 282 g/mol. The molecular weight excluding hydrogens is 264 g/mol. The van der Waals surface area contributed by atoms with Crippen molar-refractivity contribution in [2.75, 3.05) is 18.6 Å². The molecule has 0 aromatic heterocycles. The first-order chi connectivity index (χ1) is 8.70. The zero-order valence-electron chi connectivity index (χ0n) is 10.7. The van der Waals surface area contributed by atoms with Gasteiger partial charge in [-0.25, -0.2) is 0 Å². The van der Waals surface area contributed by atoms with Gasteiger partial charge >= 0.3 is 0 Å². The Morgan fingerprint density at radius 2 is 2.11 bits per heavy atom. The van der Waals surface area contributed by atoms with Crippen LogP contribution in [0.5, 0.6) is 0 Å². The second-order valence-electron chi connectivity index (χ2n) is 4.37. The summed E-state index contributed by atoms with van der Waals surface area (Å²) in [6.07, 6.45) is 3.38. The number of hydrogen-bond donors (Lipinski definition) is 0. The molecule has 0 N–H and O–H groups in total. The number of rotatable bonds is 5. The van der Waals surface area contributed by atoms with E-state index in [1.165, 1.54) is 4.90 Å². The molecule has 1 aromatic carbocycles. The maximum atomic E-state index is 12.0. The number of ketones is 1. The molecule has 1 aliphatic heterocycles. The molecule has 0 bridgehead atoms. The van der Waals surface area contributed by atoms with Crippen LogP contribution in [0.3, 0.4) is 0 Å². The van der Waals surface area contributed by atoms with Gasteiger partial charge in [0.1, 0.15) is 0 Å². The molecule has 1 saturated heterocycles. The van der Waals surface area contributed by atoms with Crippen LogP contribution in [0.15, 0.2) is 29.2 Å². The number of carbonyl (C=O) groups excluding carboxylic acids is 1. The van der Waals surface area contributed by atoms with Crippen LogP contribution in [0.2, 0.25) is 0 Å². The molecule has 1 fully saturated rings. The molecule has 1 aliphatic rings. The number of thioether (sulfide) groups is 2. The van der Waals surface area contributed by atoms with E-state index in [1.54, 1.807) is 23.5 Å². The summed E-state index contributed by atoms with van der Waals surface area (Å²) in [5, 5.41) is 0.472. The Kier molecular flexibility index (Phi) is 5.15. The minimum atomic E-state index is 0.215. The molecule has 2 atom stereocenters. The van der Waals surface area contributed by atoms with Crippen LogP contribution >= 0.6 is 23.5 Å². The highest BCUT2D eigenvalue weighted by Crippen LogP contribution is 2.27. The number of benzene rings is 1. The van der Waals surface area contributed by atoms with E-state index in [4.69, 9.17) is 4.74 Å². The van der Waals surface area contributed by atoms with Crippen LogP contribution in [0.4, 0.5) is 0 Å². The molecule has 1 aromatic rings. The molecule has 2 nitrogen and oxygen atoms in total. The van der Waals surface area contributed by atoms with Gasteiger partial charge in [-0.1, -0.05) is 12.1 Å². The van der Waals surface area contributed by atoms with Crippen LogP contribution in [-0.4, -0.2) is 35.8 Å². The SMILES string of the molecule is CSc1ccc(C(=O)CSC2CCOC2C)cc1. The van der Waals surface area contributed by atoms with Crippen molar-refractivity contribution >= 4 is 29.3 Å². The minimum absolute atomic E-state index is 0.215. The molecule has 0 spiro atoms. The van der Waals surface area contributed by atoms with E-state index >= 15 is 0 Å². The van der Waals surface area contributed by atoms with Gasteiger partial charge in [0.15, 0.2) is 5.78 Å². The number of carbonyl (C=O) groups is 1. The van der Waals surface area contributed by atoms with Crippen molar-refractivity contribution in [3.63, 3.8) is 0 Å². The molecule has 1 heterocycles.